The van der Waals surface area contributed by atoms with Crippen molar-refractivity contribution in [3.63, 3.8) is 0 Å². The van der Waals surface area contributed by atoms with E-state index in [1.54, 1.807) is 0 Å². The van der Waals surface area contributed by atoms with Crippen LogP contribution in [0.5, 0.6) is 0 Å². The van der Waals surface area contributed by atoms with Gasteiger partial charge in [-0.2, -0.15) is 11.8 Å². The molecule has 1 fully saturated rings. The van der Waals surface area contributed by atoms with Crippen LogP contribution >= 0.6 is 23.1 Å². The Balaban J connectivity index is 1.82. The minimum absolute atomic E-state index is 0.724. The highest BCUT2D eigenvalue weighted by Gasteiger charge is 2.22. The highest BCUT2D eigenvalue weighted by molar-refractivity contribution is 8.00. The van der Waals surface area contributed by atoms with E-state index in [1.807, 2.05) is 11.3 Å². The van der Waals surface area contributed by atoms with Crippen molar-refractivity contribution in [2.45, 2.75) is 38.1 Å². The minimum atomic E-state index is 0.724. The molecule has 0 bridgehead atoms. The third-order valence-corrected chi connectivity index (χ3v) is 5.04. The summed E-state index contributed by atoms with van der Waals surface area (Å²) in [6.07, 6.45) is 1.33. The second-order valence-electron chi connectivity index (χ2n) is 3.86. The summed E-state index contributed by atoms with van der Waals surface area (Å²) in [6, 6.07) is 5.16. The molecule has 78 valence electrons. The summed E-state index contributed by atoms with van der Waals surface area (Å²) >= 11 is 3.99. The first-order valence-electron chi connectivity index (χ1n) is 5.16. The molecule has 1 nitrogen and oxygen atoms in total. The smallest absolute Gasteiger partial charge is 0.0302 e. The lowest BCUT2D eigenvalue weighted by atomic mass is 10.2. The molecular weight excluding hydrogens is 210 g/mol. The Kier molecular flexibility index (Phi) is 3.52. The molecule has 3 heteroatoms. The molecule has 0 saturated carbocycles. The molecule has 1 aromatic rings. The molecule has 0 radical (unpaired) electrons. The first-order valence-corrected chi connectivity index (χ1v) is 7.02. The lowest BCUT2D eigenvalue weighted by molar-refractivity contribution is 0.515. The van der Waals surface area contributed by atoms with E-state index < -0.39 is 0 Å². The predicted molar refractivity (Wildman–Crippen MR) is 66.2 cm³/mol. The van der Waals surface area contributed by atoms with Crippen LogP contribution in [-0.2, 0) is 6.54 Å². The van der Waals surface area contributed by atoms with Gasteiger partial charge in [0.1, 0.15) is 0 Å². The first-order chi connectivity index (χ1) is 6.75. The molecule has 0 aromatic carbocycles. The van der Waals surface area contributed by atoms with Crippen LogP contribution < -0.4 is 5.32 Å². The van der Waals surface area contributed by atoms with Crippen molar-refractivity contribution in [3.8, 4) is 0 Å². The molecule has 1 aliphatic rings. The predicted octanol–water partition coefficient (Wildman–Crippen LogP) is 3.04. The van der Waals surface area contributed by atoms with Crippen LogP contribution in [-0.4, -0.2) is 17.0 Å². The van der Waals surface area contributed by atoms with Crippen molar-refractivity contribution in [3.05, 3.63) is 21.9 Å². The lowest BCUT2D eigenvalue weighted by Gasteiger charge is -2.15. The van der Waals surface area contributed by atoms with Crippen LogP contribution in [0.3, 0.4) is 0 Å². The summed E-state index contributed by atoms with van der Waals surface area (Å²) < 4.78 is 0. The summed E-state index contributed by atoms with van der Waals surface area (Å²) in [4.78, 5) is 2.88. The Bertz CT molecular complexity index is 295. The van der Waals surface area contributed by atoms with Crippen molar-refractivity contribution in [1.29, 1.82) is 0 Å². The van der Waals surface area contributed by atoms with Gasteiger partial charge in [-0.1, -0.05) is 6.92 Å². The molecule has 2 heterocycles. The summed E-state index contributed by atoms with van der Waals surface area (Å²) in [5.74, 6) is 1.32. The number of hydrogen-bond donors (Lipinski definition) is 1. The fourth-order valence-electron chi connectivity index (χ4n) is 1.81. The standard InChI is InChI=1S/C11H17NS2/c1-8-3-4-10(14-8)7-12-11-5-6-13-9(11)2/h3-4,9,11-12H,5-7H2,1-2H3. The number of aryl methyl sites for hydroxylation is 1. The molecule has 0 amide bonds. The van der Waals surface area contributed by atoms with Gasteiger partial charge in [-0.3, -0.25) is 0 Å². The van der Waals surface area contributed by atoms with Crippen LogP contribution in [0.15, 0.2) is 12.1 Å². The lowest BCUT2D eigenvalue weighted by Crippen LogP contribution is -2.32. The van der Waals surface area contributed by atoms with E-state index in [0.717, 1.165) is 17.8 Å². The van der Waals surface area contributed by atoms with Crippen molar-refractivity contribution in [1.82, 2.24) is 5.32 Å². The van der Waals surface area contributed by atoms with Gasteiger partial charge in [0.15, 0.2) is 0 Å². The van der Waals surface area contributed by atoms with Gasteiger partial charge in [0.05, 0.1) is 0 Å². The maximum Gasteiger partial charge on any atom is 0.0302 e. The zero-order chi connectivity index (χ0) is 9.97. The Morgan fingerprint density at radius 3 is 2.93 bits per heavy atom. The zero-order valence-corrected chi connectivity index (χ0v) is 10.4. The summed E-state index contributed by atoms with van der Waals surface area (Å²) in [7, 11) is 0. The van der Waals surface area contributed by atoms with Crippen LogP contribution in [0.25, 0.3) is 0 Å². The average molecular weight is 227 g/mol. The Morgan fingerprint density at radius 2 is 2.36 bits per heavy atom. The van der Waals surface area contributed by atoms with E-state index in [-0.39, 0.29) is 0 Å². The maximum atomic E-state index is 3.65. The topological polar surface area (TPSA) is 12.0 Å². The Labute approximate surface area is 94.3 Å². The fourth-order valence-corrected chi connectivity index (χ4v) is 3.88. The van der Waals surface area contributed by atoms with Crippen LogP contribution in [0.1, 0.15) is 23.1 Å². The summed E-state index contributed by atoms with van der Waals surface area (Å²) in [5, 5.41) is 4.44. The fraction of sp³-hybridized carbons (Fsp3) is 0.636. The second kappa shape index (κ2) is 4.69. The SMILES string of the molecule is Cc1ccc(CNC2CCSC2C)s1. The van der Waals surface area contributed by atoms with Gasteiger partial charge in [-0.25, -0.2) is 0 Å². The van der Waals surface area contributed by atoms with E-state index in [4.69, 9.17) is 0 Å². The number of nitrogens with one attached hydrogen (secondary N) is 1. The third-order valence-electron chi connectivity index (χ3n) is 2.71. The van der Waals surface area contributed by atoms with E-state index in [0.29, 0.717) is 0 Å². The molecule has 2 unspecified atom stereocenters. The summed E-state index contributed by atoms with van der Waals surface area (Å²) in [5.41, 5.74) is 0. The minimum Gasteiger partial charge on any atom is -0.308 e. The molecular formula is C11H17NS2. The van der Waals surface area contributed by atoms with Crippen LogP contribution in [0, 0.1) is 6.92 Å². The van der Waals surface area contributed by atoms with Gasteiger partial charge in [-0.15, -0.1) is 11.3 Å². The Hall–Kier alpha value is 0.01000. The van der Waals surface area contributed by atoms with E-state index in [2.05, 4.69) is 43.1 Å². The average Bonchev–Trinajstić information content (AvgIpc) is 2.72. The van der Waals surface area contributed by atoms with Gasteiger partial charge in [0, 0.05) is 27.6 Å². The van der Waals surface area contributed by atoms with Crippen molar-refractivity contribution < 1.29 is 0 Å². The number of thioether (sulfide) groups is 1. The molecule has 0 spiro atoms. The first kappa shape index (κ1) is 10.5. The highest BCUT2D eigenvalue weighted by Crippen LogP contribution is 2.26. The number of hydrogen-bond acceptors (Lipinski definition) is 3. The van der Waals surface area contributed by atoms with Gasteiger partial charge in [-0.05, 0) is 31.2 Å². The monoisotopic (exact) mass is 227 g/mol. The van der Waals surface area contributed by atoms with E-state index in [1.165, 1.54) is 21.9 Å². The Morgan fingerprint density at radius 1 is 1.50 bits per heavy atom. The third kappa shape index (κ3) is 2.53. The molecule has 1 aromatic heterocycles. The molecule has 2 atom stereocenters. The second-order valence-corrected chi connectivity index (χ2v) is 6.72. The van der Waals surface area contributed by atoms with Crippen molar-refractivity contribution in [2.75, 3.05) is 5.75 Å². The largest absolute Gasteiger partial charge is 0.308 e. The van der Waals surface area contributed by atoms with Gasteiger partial charge in [0.2, 0.25) is 0 Å². The number of thiophene rings is 1. The van der Waals surface area contributed by atoms with Crippen molar-refractivity contribution in [2.24, 2.45) is 0 Å². The molecule has 1 aliphatic heterocycles. The van der Waals surface area contributed by atoms with Gasteiger partial charge in [0.25, 0.3) is 0 Å². The molecule has 0 aliphatic carbocycles. The molecule has 1 saturated heterocycles. The normalized spacial score (nSPS) is 27.0. The molecule has 1 N–H and O–H groups in total. The van der Waals surface area contributed by atoms with Crippen LogP contribution in [0.4, 0.5) is 0 Å². The number of rotatable bonds is 3. The quantitative estimate of drug-likeness (QED) is 0.852. The van der Waals surface area contributed by atoms with Gasteiger partial charge < -0.3 is 5.32 Å². The molecule has 14 heavy (non-hydrogen) atoms. The van der Waals surface area contributed by atoms with Crippen molar-refractivity contribution >= 4 is 23.1 Å². The van der Waals surface area contributed by atoms with Crippen LogP contribution in [0.2, 0.25) is 0 Å². The maximum absolute atomic E-state index is 3.65. The zero-order valence-electron chi connectivity index (χ0n) is 8.75. The van der Waals surface area contributed by atoms with Gasteiger partial charge >= 0.3 is 0 Å². The molecule has 2 rings (SSSR count). The summed E-state index contributed by atoms with van der Waals surface area (Å²) in [6.45, 7) is 5.55. The highest BCUT2D eigenvalue weighted by atomic mass is 32.2. The van der Waals surface area contributed by atoms with E-state index >= 15 is 0 Å². The van der Waals surface area contributed by atoms with E-state index in [9.17, 15) is 0 Å².